The van der Waals surface area contributed by atoms with E-state index in [4.69, 9.17) is 16.7 Å². The molecule has 1 N–H and O–H groups in total. The van der Waals surface area contributed by atoms with Gasteiger partial charge in [-0.2, -0.15) is 18.3 Å². The maximum atomic E-state index is 13.6. The van der Waals surface area contributed by atoms with Crippen molar-refractivity contribution in [1.82, 2.24) is 9.78 Å². The highest BCUT2D eigenvalue weighted by Crippen LogP contribution is 2.35. The van der Waals surface area contributed by atoms with Gasteiger partial charge < -0.3 is 5.11 Å². The van der Waals surface area contributed by atoms with Crippen LogP contribution in [0.3, 0.4) is 0 Å². The van der Waals surface area contributed by atoms with Crippen LogP contribution in [0, 0.1) is 5.82 Å². The average molecular weight is 295 g/mol. The normalized spacial score (nSPS) is 11.9. The van der Waals surface area contributed by atoms with Gasteiger partial charge >= 0.3 is 6.18 Å². The lowest BCUT2D eigenvalue weighted by molar-refractivity contribution is -0.143. The van der Waals surface area contributed by atoms with E-state index in [9.17, 15) is 17.6 Å². The molecule has 0 amide bonds. The molecule has 0 aliphatic heterocycles. The first-order chi connectivity index (χ1) is 8.86. The van der Waals surface area contributed by atoms with Gasteiger partial charge in [-0.3, -0.25) is 0 Å². The van der Waals surface area contributed by atoms with E-state index in [1.807, 2.05) is 0 Å². The van der Waals surface area contributed by atoms with Crippen molar-refractivity contribution in [2.45, 2.75) is 12.8 Å². The molecular formula is C11H7ClF4N2O. The Morgan fingerprint density at radius 3 is 2.53 bits per heavy atom. The standard InChI is InChI=1S/C11H7ClF4N2O/c12-7-2-1-3-8(13)9(7)18-10(11(14,15)16)6(5-19)4-17-18/h1-4,19H,5H2. The molecule has 0 radical (unpaired) electrons. The molecule has 1 aromatic heterocycles. The summed E-state index contributed by atoms with van der Waals surface area (Å²) in [6.45, 7) is -0.860. The summed E-state index contributed by atoms with van der Waals surface area (Å²) in [4.78, 5) is 0. The minimum atomic E-state index is -4.79. The molecule has 0 atom stereocenters. The van der Waals surface area contributed by atoms with Crippen molar-refractivity contribution in [1.29, 1.82) is 0 Å². The quantitative estimate of drug-likeness (QED) is 0.864. The van der Waals surface area contributed by atoms with E-state index in [-0.39, 0.29) is 5.02 Å². The third kappa shape index (κ3) is 2.43. The molecule has 2 aromatic rings. The highest BCUT2D eigenvalue weighted by Gasteiger charge is 2.39. The number of alkyl halides is 3. The maximum absolute atomic E-state index is 13.6. The highest BCUT2D eigenvalue weighted by atomic mass is 35.5. The van der Waals surface area contributed by atoms with Crippen molar-refractivity contribution in [2.75, 3.05) is 0 Å². The van der Waals surface area contributed by atoms with Crippen LogP contribution in [-0.4, -0.2) is 14.9 Å². The molecule has 8 heteroatoms. The van der Waals surface area contributed by atoms with E-state index in [2.05, 4.69) is 5.10 Å². The van der Waals surface area contributed by atoms with Crippen molar-refractivity contribution in [2.24, 2.45) is 0 Å². The Balaban J connectivity index is 2.74. The summed E-state index contributed by atoms with van der Waals surface area (Å²) in [5.41, 5.74) is -2.20. The van der Waals surface area contributed by atoms with Gasteiger partial charge in [0.05, 0.1) is 17.8 Å². The number of aliphatic hydroxyl groups is 1. The Bertz CT molecular complexity index is 589. The second-order valence-electron chi connectivity index (χ2n) is 3.66. The van der Waals surface area contributed by atoms with E-state index >= 15 is 0 Å². The van der Waals surface area contributed by atoms with Gasteiger partial charge in [-0.15, -0.1) is 0 Å². The summed E-state index contributed by atoms with van der Waals surface area (Å²) in [7, 11) is 0. The van der Waals surface area contributed by atoms with Gasteiger partial charge in [0.15, 0.2) is 5.69 Å². The maximum Gasteiger partial charge on any atom is 0.433 e. The molecule has 0 aliphatic carbocycles. The van der Waals surface area contributed by atoms with Crippen LogP contribution in [0.1, 0.15) is 11.3 Å². The Labute approximate surface area is 110 Å². The monoisotopic (exact) mass is 294 g/mol. The third-order valence-corrected chi connectivity index (χ3v) is 2.74. The number of benzene rings is 1. The molecule has 1 aromatic carbocycles. The molecule has 1 heterocycles. The number of hydrogen-bond donors (Lipinski definition) is 1. The van der Waals surface area contributed by atoms with Gasteiger partial charge in [-0.1, -0.05) is 17.7 Å². The fourth-order valence-electron chi connectivity index (χ4n) is 1.66. The van der Waals surface area contributed by atoms with Crippen LogP contribution in [0.2, 0.25) is 5.02 Å². The Morgan fingerprint density at radius 2 is 2.00 bits per heavy atom. The summed E-state index contributed by atoms with van der Waals surface area (Å²) in [5, 5.41) is 12.1. The second kappa shape index (κ2) is 4.82. The average Bonchev–Trinajstić information content (AvgIpc) is 2.72. The molecule has 3 nitrogen and oxygen atoms in total. The third-order valence-electron chi connectivity index (χ3n) is 2.43. The Morgan fingerprint density at radius 1 is 1.32 bits per heavy atom. The first-order valence-electron chi connectivity index (χ1n) is 5.05. The van der Waals surface area contributed by atoms with Crippen LogP contribution in [0.15, 0.2) is 24.4 Å². The first-order valence-corrected chi connectivity index (χ1v) is 5.43. The van der Waals surface area contributed by atoms with Crippen molar-refractivity contribution < 1.29 is 22.7 Å². The molecule has 0 aliphatic rings. The van der Waals surface area contributed by atoms with Crippen LogP contribution in [0.25, 0.3) is 5.69 Å². The van der Waals surface area contributed by atoms with Crippen molar-refractivity contribution >= 4 is 11.6 Å². The molecule has 0 spiro atoms. The lowest BCUT2D eigenvalue weighted by Crippen LogP contribution is -2.16. The number of aliphatic hydroxyl groups excluding tert-OH is 1. The van der Waals surface area contributed by atoms with E-state index in [1.165, 1.54) is 12.1 Å². The number of aromatic nitrogens is 2. The summed E-state index contributed by atoms with van der Waals surface area (Å²) in [5.74, 6) is -0.939. The van der Waals surface area contributed by atoms with E-state index in [0.29, 0.717) is 4.68 Å². The number of hydrogen-bond acceptors (Lipinski definition) is 2. The summed E-state index contributed by atoms with van der Waals surface area (Å²) in [6.07, 6.45) is -3.97. The SMILES string of the molecule is OCc1cnn(-c2c(F)cccc2Cl)c1C(F)(F)F. The lowest BCUT2D eigenvalue weighted by atomic mass is 10.2. The molecule has 19 heavy (non-hydrogen) atoms. The molecule has 0 saturated carbocycles. The number of para-hydroxylation sites is 1. The summed E-state index contributed by atoms with van der Waals surface area (Å²) < 4.78 is 52.8. The van der Waals surface area contributed by atoms with Gasteiger partial charge in [0.2, 0.25) is 0 Å². The summed E-state index contributed by atoms with van der Waals surface area (Å²) in [6, 6.07) is 3.49. The van der Waals surface area contributed by atoms with E-state index < -0.39 is 35.5 Å². The van der Waals surface area contributed by atoms with Gasteiger partial charge in [0.25, 0.3) is 0 Å². The molecule has 102 valence electrons. The lowest BCUT2D eigenvalue weighted by Gasteiger charge is -2.13. The number of nitrogens with zero attached hydrogens (tertiary/aromatic N) is 2. The van der Waals surface area contributed by atoms with Crippen LogP contribution in [0.4, 0.5) is 17.6 Å². The minimum absolute atomic E-state index is 0.210. The van der Waals surface area contributed by atoms with Gasteiger partial charge in [0, 0.05) is 5.56 Å². The van der Waals surface area contributed by atoms with Crippen LogP contribution < -0.4 is 0 Å². The van der Waals surface area contributed by atoms with Gasteiger partial charge in [0.1, 0.15) is 11.5 Å². The van der Waals surface area contributed by atoms with Crippen molar-refractivity contribution in [3.05, 3.63) is 46.5 Å². The van der Waals surface area contributed by atoms with Gasteiger partial charge in [-0.05, 0) is 12.1 Å². The topological polar surface area (TPSA) is 38.1 Å². The predicted octanol–water partition coefficient (Wildman–Crippen LogP) is 3.18. The minimum Gasteiger partial charge on any atom is -0.392 e. The number of halogens is 5. The Kier molecular flexibility index (Phi) is 3.51. The molecule has 2 rings (SSSR count). The second-order valence-corrected chi connectivity index (χ2v) is 4.06. The number of rotatable bonds is 2. The first kappa shape index (κ1) is 13.8. The van der Waals surface area contributed by atoms with Crippen molar-refractivity contribution in [3.63, 3.8) is 0 Å². The van der Waals surface area contributed by atoms with Crippen LogP contribution >= 0.6 is 11.6 Å². The largest absolute Gasteiger partial charge is 0.433 e. The summed E-state index contributed by atoms with van der Waals surface area (Å²) >= 11 is 5.71. The molecule has 0 saturated heterocycles. The van der Waals surface area contributed by atoms with Gasteiger partial charge in [-0.25, -0.2) is 9.07 Å². The molecule has 0 bridgehead atoms. The fraction of sp³-hybridized carbons (Fsp3) is 0.182. The fourth-order valence-corrected chi connectivity index (χ4v) is 1.90. The zero-order chi connectivity index (χ0) is 14.2. The van der Waals surface area contributed by atoms with Crippen LogP contribution in [-0.2, 0) is 12.8 Å². The zero-order valence-electron chi connectivity index (χ0n) is 9.25. The predicted molar refractivity (Wildman–Crippen MR) is 59.5 cm³/mol. The molecule has 0 unspecified atom stereocenters. The Hall–Kier alpha value is -1.60. The molecule has 0 fully saturated rings. The van der Waals surface area contributed by atoms with E-state index in [0.717, 1.165) is 12.3 Å². The highest BCUT2D eigenvalue weighted by molar-refractivity contribution is 6.32. The van der Waals surface area contributed by atoms with E-state index in [1.54, 1.807) is 0 Å². The smallest absolute Gasteiger partial charge is 0.392 e. The molecular weight excluding hydrogens is 288 g/mol. The van der Waals surface area contributed by atoms with Crippen LogP contribution in [0.5, 0.6) is 0 Å². The van der Waals surface area contributed by atoms with Crippen molar-refractivity contribution in [3.8, 4) is 5.69 Å². The zero-order valence-corrected chi connectivity index (χ0v) is 10.0.